The molecule has 0 saturated carbocycles. The molecule has 2 N–H and O–H groups in total. The van der Waals surface area contributed by atoms with Crippen LogP contribution in [0.25, 0.3) is 11.0 Å². The molecule has 3 aromatic rings. The van der Waals surface area contributed by atoms with E-state index in [9.17, 15) is 14.0 Å². The first-order chi connectivity index (χ1) is 15.6. The number of aromatic nitrogens is 2. The molecule has 1 aromatic heterocycles. The van der Waals surface area contributed by atoms with E-state index in [1.807, 2.05) is 25.7 Å². The lowest BCUT2D eigenvalue weighted by Gasteiger charge is -2.36. The summed E-state index contributed by atoms with van der Waals surface area (Å²) < 4.78 is 19.7. The number of piperazine rings is 1. The van der Waals surface area contributed by atoms with Crippen molar-refractivity contribution in [3.63, 3.8) is 0 Å². The van der Waals surface area contributed by atoms with E-state index < -0.39 is 17.2 Å². The van der Waals surface area contributed by atoms with Crippen molar-refractivity contribution in [2.24, 2.45) is 0 Å². The number of rotatable bonds is 3. The Morgan fingerprint density at radius 1 is 1.03 bits per heavy atom. The minimum atomic E-state index is -0.664. The predicted molar refractivity (Wildman–Crippen MR) is 124 cm³/mol. The van der Waals surface area contributed by atoms with Gasteiger partial charge in [-0.3, -0.25) is 9.78 Å². The van der Waals surface area contributed by atoms with Crippen LogP contribution in [0.4, 0.5) is 20.7 Å². The number of amides is 1. The maximum Gasteiger partial charge on any atom is 0.410 e. The van der Waals surface area contributed by atoms with Gasteiger partial charge in [-0.2, -0.15) is 0 Å². The number of carbonyl (C=O) groups excluding carboxylic acids is 2. The molecular weight excluding hydrogens is 425 g/mol. The molecule has 1 aliphatic rings. The third-order valence-electron chi connectivity index (χ3n) is 5.28. The van der Waals surface area contributed by atoms with Gasteiger partial charge in [0.15, 0.2) is 5.78 Å². The Hall–Kier alpha value is -3.75. The molecule has 2 heterocycles. The average molecular weight is 452 g/mol. The summed E-state index contributed by atoms with van der Waals surface area (Å²) in [5, 5.41) is 0. The number of anilines is 2. The van der Waals surface area contributed by atoms with Crippen LogP contribution in [-0.4, -0.2) is 58.5 Å². The first-order valence-electron chi connectivity index (χ1n) is 10.7. The van der Waals surface area contributed by atoms with Crippen LogP contribution in [-0.2, 0) is 4.74 Å². The summed E-state index contributed by atoms with van der Waals surface area (Å²) in [5.74, 6) is -0.468. The number of carbonyl (C=O) groups is 2. The highest BCUT2D eigenvalue weighted by atomic mass is 19.1. The van der Waals surface area contributed by atoms with Gasteiger partial charge in [0.1, 0.15) is 17.2 Å². The van der Waals surface area contributed by atoms with Crippen molar-refractivity contribution in [2.75, 3.05) is 36.8 Å². The largest absolute Gasteiger partial charge is 0.444 e. The predicted octanol–water partition coefficient (Wildman–Crippen LogP) is 3.64. The summed E-state index contributed by atoms with van der Waals surface area (Å²) in [6.07, 6.45) is 1.34. The molecule has 0 atom stereocenters. The highest BCUT2D eigenvalue weighted by molar-refractivity contribution is 6.10. The normalized spacial score (nSPS) is 14.4. The minimum absolute atomic E-state index is 0.0501. The van der Waals surface area contributed by atoms with Gasteiger partial charge in [-0.1, -0.05) is 0 Å². The van der Waals surface area contributed by atoms with Crippen molar-refractivity contribution in [3.05, 3.63) is 59.5 Å². The summed E-state index contributed by atoms with van der Waals surface area (Å²) in [4.78, 5) is 37.9. The number of nitrogen functional groups attached to an aromatic ring is 1. The lowest BCUT2D eigenvalue weighted by atomic mass is 10.0. The van der Waals surface area contributed by atoms with Gasteiger partial charge >= 0.3 is 6.09 Å². The third kappa shape index (κ3) is 5.02. The second-order valence-corrected chi connectivity index (χ2v) is 8.95. The van der Waals surface area contributed by atoms with Crippen LogP contribution in [0.1, 0.15) is 36.7 Å². The summed E-state index contributed by atoms with van der Waals surface area (Å²) in [6.45, 7) is 7.68. The Balaban J connectivity index is 1.51. The molecule has 0 aliphatic carbocycles. The zero-order valence-electron chi connectivity index (χ0n) is 18.8. The molecule has 0 unspecified atom stereocenters. The summed E-state index contributed by atoms with van der Waals surface area (Å²) in [7, 11) is 0. The fourth-order valence-electron chi connectivity index (χ4n) is 3.61. The van der Waals surface area contributed by atoms with E-state index >= 15 is 0 Å². The number of halogens is 1. The minimum Gasteiger partial charge on any atom is -0.444 e. The average Bonchev–Trinajstić information content (AvgIpc) is 2.77. The Morgan fingerprint density at radius 3 is 2.42 bits per heavy atom. The van der Waals surface area contributed by atoms with Gasteiger partial charge in [0, 0.05) is 37.4 Å². The van der Waals surface area contributed by atoms with Crippen LogP contribution < -0.4 is 10.6 Å². The van der Waals surface area contributed by atoms with Gasteiger partial charge in [0.2, 0.25) is 0 Å². The van der Waals surface area contributed by atoms with Gasteiger partial charge in [0.25, 0.3) is 0 Å². The van der Waals surface area contributed by atoms with Crippen molar-refractivity contribution in [1.82, 2.24) is 14.9 Å². The van der Waals surface area contributed by atoms with Crippen molar-refractivity contribution in [2.45, 2.75) is 26.4 Å². The molecule has 1 amide bonds. The monoisotopic (exact) mass is 451 g/mol. The van der Waals surface area contributed by atoms with Gasteiger partial charge in [-0.25, -0.2) is 14.2 Å². The number of fused-ring (bicyclic) bond motifs is 1. The topological polar surface area (TPSA) is 102 Å². The fourth-order valence-corrected chi connectivity index (χ4v) is 3.61. The third-order valence-corrected chi connectivity index (χ3v) is 5.28. The Bertz CT molecular complexity index is 1220. The second kappa shape index (κ2) is 8.65. The standard InChI is InChI=1S/C24H26FN5O3/c1-24(2,3)33-23(32)30-10-8-29(9-11-30)21-14-27-19-7-4-15(12-20(19)28-21)22(31)17-6-5-16(26)13-18(17)25/h4-7,12-14H,8-11,26H2,1-3H3. The van der Waals surface area contributed by atoms with E-state index in [0.29, 0.717) is 48.6 Å². The molecule has 33 heavy (non-hydrogen) atoms. The Morgan fingerprint density at radius 2 is 1.76 bits per heavy atom. The zero-order chi connectivity index (χ0) is 23.8. The van der Waals surface area contributed by atoms with Crippen LogP contribution in [0.5, 0.6) is 0 Å². The number of nitrogens with two attached hydrogens (primary N) is 1. The first kappa shape index (κ1) is 22.4. The maximum absolute atomic E-state index is 14.2. The molecule has 4 rings (SSSR count). The SMILES string of the molecule is CC(C)(C)OC(=O)N1CCN(c2cnc3ccc(C(=O)c4ccc(N)cc4F)cc3n2)CC1. The van der Waals surface area contributed by atoms with E-state index in [4.69, 9.17) is 10.5 Å². The second-order valence-electron chi connectivity index (χ2n) is 8.95. The molecule has 8 nitrogen and oxygen atoms in total. The molecule has 1 saturated heterocycles. The van der Waals surface area contributed by atoms with Crippen LogP contribution in [0, 0.1) is 5.82 Å². The molecule has 1 fully saturated rings. The van der Waals surface area contributed by atoms with Gasteiger partial charge in [0.05, 0.1) is 22.8 Å². The molecule has 172 valence electrons. The number of hydrogen-bond donors (Lipinski definition) is 1. The summed E-state index contributed by atoms with van der Waals surface area (Å²) >= 11 is 0. The van der Waals surface area contributed by atoms with E-state index in [2.05, 4.69) is 9.97 Å². The number of ether oxygens (including phenoxy) is 1. The molecule has 2 aromatic carbocycles. The van der Waals surface area contributed by atoms with Crippen molar-refractivity contribution in [3.8, 4) is 0 Å². The van der Waals surface area contributed by atoms with Gasteiger partial charge in [-0.15, -0.1) is 0 Å². The molecule has 0 spiro atoms. The van der Waals surface area contributed by atoms with Crippen LogP contribution in [0.3, 0.4) is 0 Å². The molecule has 0 radical (unpaired) electrons. The molecule has 1 aliphatic heterocycles. The Labute approximate surface area is 191 Å². The van der Waals surface area contributed by atoms with Gasteiger partial charge in [-0.05, 0) is 57.2 Å². The number of ketones is 1. The molecule has 9 heteroatoms. The van der Waals surface area contributed by atoms with E-state index in [1.54, 1.807) is 29.3 Å². The summed E-state index contributed by atoms with van der Waals surface area (Å²) in [6, 6.07) is 8.91. The zero-order valence-corrected chi connectivity index (χ0v) is 18.8. The lowest BCUT2D eigenvalue weighted by Crippen LogP contribution is -2.50. The van der Waals surface area contributed by atoms with Crippen molar-refractivity contribution < 1.29 is 18.7 Å². The molecule has 0 bridgehead atoms. The summed E-state index contributed by atoms with van der Waals surface area (Å²) in [5.41, 5.74) is 6.71. The van der Waals surface area contributed by atoms with Crippen molar-refractivity contribution in [1.29, 1.82) is 0 Å². The van der Waals surface area contributed by atoms with E-state index in [1.165, 1.54) is 12.1 Å². The highest BCUT2D eigenvalue weighted by Crippen LogP contribution is 2.22. The van der Waals surface area contributed by atoms with Crippen LogP contribution >= 0.6 is 0 Å². The highest BCUT2D eigenvalue weighted by Gasteiger charge is 2.26. The number of benzene rings is 2. The number of hydrogen-bond acceptors (Lipinski definition) is 7. The Kier molecular flexibility index (Phi) is 5.88. The van der Waals surface area contributed by atoms with Gasteiger partial charge < -0.3 is 20.3 Å². The van der Waals surface area contributed by atoms with Crippen LogP contribution in [0.15, 0.2) is 42.6 Å². The van der Waals surface area contributed by atoms with E-state index in [0.717, 1.165) is 6.07 Å². The lowest BCUT2D eigenvalue weighted by molar-refractivity contribution is 0.0240. The van der Waals surface area contributed by atoms with Crippen LogP contribution in [0.2, 0.25) is 0 Å². The first-order valence-corrected chi connectivity index (χ1v) is 10.7. The maximum atomic E-state index is 14.2. The fraction of sp³-hybridized carbons (Fsp3) is 0.333. The molecular formula is C24H26FN5O3. The smallest absolute Gasteiger partial charge is 0.410 e. The van der Waals surface area contributed by atoms with E-state index in [-0.39, 0.29) is 17.3 Å². The quantitative estimate of drug-likeness (QED) is 0.479. The van der Waals surface area contributed by atoms with Crippen molar-refractivity contribution >= 4 is 34.4 Å². The number of nitrogens with zero attached hydrogens (tertiary/aromatic N) is 4.